The minimum atomic E-state index is -3.85. The number of nitrogens with one attached hydrogen (secondary N) is 3. The zero-order chi connectivity index (χ0) is 29.4. The SMILES string of the molecule is CC(C)(C)c1ccc(S(=O)(=O)Nc2ccc3[nH]c(C(=O)Nc4ccc(C(N)=O)cc4)c(-c4ccccc4)c3c2)cc1. The molecule has 8 nitrogen and oxygen atoms in total. The van der Waals surface area contributed by atoms with Crippen LogP contribution in [0, 0.1) is 0 Å². The first-order chi connectivity index (χ1) is 19.4. The van der Waals surface area contributed by atoms with Crippen LogP contribution < -0.4 is 15.8 Å². The second kappa shape index (κ2) is 10.6. The molecular formula is C32H30N4O4S. The van der Waals surface area contributed by atoms with Crippen molar-refractivity contribution in [3.05, 3.63) is 114 Å². The number of hydrogen-bond acceptors (Lipinski definition) is 4. The molecule has 5 rings (SSSR count). The van der Waals surface area contributed by atoms with E-state index in [9.17, 15) is 18.0 Å². The fourth-order valence-corrected chi connectivity index (χ4v) is 5.64. The third-order valence-electron chi connectivity index (χ3n) is 6.80. The number of H-pyrrole nitrogens is 1. The summed E-state index contributed by atoms with van der Waals surface area (Å²) < 4.78 is 29.1. The van der Waals surface area contributed by atoms with Gasteiger partial charge in [-0.15, -0.1) is 0 Å². The van der Waals surface area contributed by atoms with Gasteiger partial charge >= 0.3 is 0 Å². The molecule has 0 atom stereocenters. The van der Waals surface area contributed by atoms with Crippen LogP contribution in [0.15, 0.2) is 102 Å². The molecule has 208 valence electrons. The smallest absolute Gasteiger partial charge is 0.272 e. The van der Waals surface area contributed by atoms with Crippen molar-refractivity contribution in [2.75, 3.05) is 10.0 Å². The van der Waals surface area contributed by atoms with E-state index in [0.29, 0.717) is 39.1 Å². The van der Waals surface area contributed by atoms with Gasteiger partial charge < -0.3 is 16.0 Å². The summed E-state index contributed by atoms with van der Waals surface area (Å²) in [6, 6.07) is 27.6. The number of hydrogen-bond donors (Lipinski definition) is 4. The first-order valence-electron chi connectivity index (χ1n) is 13.0. The number of carbonyl (C=O) groups excluding carboxylic acids is 2. The molecule has 0 saturated heterocycles. The number of aromatic amines is 1. The van der Waals surface area contributed by atoms with Crippen LogP contribution in [0.1, 0.15) is 47.2 Å². The lowest BCUT2D eigenvalue weighted by Gasteiger charge is -2.19. The highest BCUT2D eigenvalue weighted by molar-refractivity contribution is 7.92. The summed E-state index contributed by atoms with van der Waals surface area (Å²) in [4.78, 5) is 28.2. The summed E-state index contributed by atoms with van der Waals surface area (Å²) in [6.45, 7) is 6.21. The molecule has 4 aromatic carbocycles. The van der Waals surface area contributed by atoms with Crippen LogP contribution in [0.3, 0.4) is 0 Å². The molecular weight excluding hydrogens is 536 g/mol. The van der Waals surface area contributed by atoms with Crippen molar-refractivity contribution < 1.29 is 18.0 Å². The van der Waals surface area contributed by atoms with Crippen LogP contribution in [-0.4, -0.2) is 25.2 Å². The number of aromatic nitrogens is 1. The highest BCUT2D eigenvalue weighted by Crippen LogP contribution is 2.35. The average molecular weight is 567 g/mol. The van der Waals surface area contributed by atoms with E-state index >= 15 is 0 Å². The molecule has 0 unspecified atom stereocenters. The summed E-state index contributed by atoms with van der Waals surface area (Å²) >= 11 is 0. The van der Waals surface area contributed by atoms with Gasteiger partial charge in [-0.05, 0) is 71.1 Å². The Morgan fingerprint density at radius 2 is 1.44 bits per heavy atom. The summed E-state index contributed by atoms with van der Waals surface area (Å²) in [6.07, 6.45) is 0. The summed E-state index contributed by atoms with van der Waals surface area (Å²) in [5, 5.41) is 3.53. The van der Waals surface area contributed by atoms with Crippen molar-refractivity contribution in [3.63, 3.8) is 0 Å². The lowest BCUT2D eigenvalue weighted by atomic mass is 9.87. The Bertz CT molecular complexity index is 1850. The number of benzene rings is 4. The molecule has 0 radical (unpaired) electrons. The van der Waals surface area contributed by atoms with Crippen molar-refractivity contribution in [1.29, 1.82) is 0 Å². The van der Waals surface area contributed by atoms with Crippen molar-refractivity contribution in [2.45, 2.75) is 31.1 Å². The first kappa shape index (κ1) is 27.7. The largest absolute Gasteiger partial charge is 0.366 e. The molecule has 9 heteroatoms. The van der Waals surface area contributed by atoms with E-state index in [1.54, 1.807) is 42.5 Å². The van der Waals surface area contributed by atoms with E-state index in [4.69, 9.17) is 5.73 Å². The number of sulfonamides is 1. The van der Waals surface area contributed by atoms with E-state index in [2.05, 4.69) is 35.8 Å². The Balaban J connectivity index is 1.51. The number of nitrogens with two attached hydrogens (primary N) is 1. The van der Waals surface area contributed by atoms with E-state index < -0.39 is 21.8 Å². The van der Waals surface area contributed by atoms with Gasteiger partial charge in [0.15, 0.2) is 0 Å². The van der Waals surface area contributed by atoms with Crippen LogP contribution in [0.2, 0.25) is 0 Å². The Labute approximate surface area is 238 Å². The maximum atomic E-state index is 13.4. The molecule has 0 fully saturated rings. The molecule has 0 saturated carbocycles. The average Bonchev–Trinajstić information content (AvgIpc) is 3.32. The minimum absolute atomic E-state index is 0.0974. The number of fused-ring (bicyclic) bond motifs is 1. The number of anilines is 2. The standard InChI is InChI=1S/C32H30N4O4S/c1-32(2,3)22-11-16-25(17-12-22)41(39,40)36-24-15-18-27-26(19-24)28(20-7-5-4-6-8-20)29(35-27)31(38)34-23-13-9-21(10-14-23)30(33)37/h4-19,35-36H,1-3H3,(H2,33,37)(H,34,38). The van der Waals surface area contributed by atoms with Crippen LogP contribution in [-0.2, 0) is 15.4 Å². The van der Waals surface area contributed by atoms with Gasteiger partial charge in [-0.3, -0.25) is 14.3 Å². The number of carbonyl (C=O) groups is 2. The third-order valence-corrected chi connectivity index (χ3v) is 8.20. The summed E-state index contributed by atoms with van der Waals surface area (Å²) in [5.74, 6) is -0.953. The second-order valence-corrected chi connectivity index (χ2v) is 12.5. The van der Waals surface area contributed by atoms with Crippen molar-refractivity contribution >= 4 is 44.1 Å². The van der Waals surface area contributed by atoms with Crippen molar-refractivity contribution in [1.82, 2.24) is 4.98 Å². The topological polar surface area (TPSA) is 134 Å². The lowest BCUT2D eigenvalue weighted by molar-refractivity contribution is 0.0998. The predicted octanol–water partition coefficient (Wildman–Crippen LogP) is 6.28. The fourth-order valence-electron chi connectivity index (χ4n) is 4.59. The van der Waals surface area contributed by atoms with Gasteiger partial charge in [0, 0.05) is 33.4 Å². The lowest BCUT2D eigenvalue weighted by Crippen LogP contribution is -2.15. The van der Waals surface area contributed by atoms with Crippen LogP contribution in [0.5, 0.6) is 0 Å². The minimum Gasteiger partial charge on any atom is -0.366 e. The van der Waals surface area contributed by atoms with Crippen molar-refractivity contribution in [2.24, 2.45) is 5.73 Å². The van der Waals surface area contributed by atoms with E-state index in [-0.39, 0.29) is 10.3 Å². The Kier molecular flexibility index (Phi) is 7.15. The van der Waals surface area contributed by atoms with Gasteiger partial charge in [0.25, 0.3) is 15.9 Å². The van der Waals surface area contributed by atoms with Crippen LogP contribution in [0.4, 0.5) is 11.4 Å². The molecule has 41 heavy (non-hydrogen) atoms. The highest BCUT2D eigenvalue weighted by Gasteiger charge is 2.22. The van der Waals surface area contributed by atoms with Gasteiger partial charge in [-0.1, -0.05) is 63.2 Å². The second-order valence-electron chi connectivity index (χ2n) is 10.8. The van der Waals surface area contributed by atoms with Crippen LogP contribution in [0.25, 0.3) is 22.0 Å². The number of amides is 2. The van der Waals surface area contributed by atoms with Crippen molar-refractivity contribution in [3.8, 4) is 11.1 Å². The molecule has 0 spiro atoms. The number of rotatable bonds is 7. The normalized spacial score (nSPS) is 11.8. The van der Waals surface area contributed by atoms with Gasteiger partial charge in [0.2, 0.25) is 5.91 Å². The molecule has 5 aromatic rings. The summed E-state index contributed by atoms with van der Waals surface area (Å²) in [5.41, 5.74) is 9.82. The zero-order valence-corrected chi connectivity index (χ0v) is 23.7. The third kappa shape index (κ3) is 5.85. The molecule has 0 aliphatic carbocycles. The first-order valence-corrected chi connectivity index (χ1v) is 14.5. The highest BCUT2D eigenvalue weighted by atomic mass is 32.2. The predicted molar refractivity (Wildman–Crippen MR) is 163 cm³/mol. The van der Waals surface area contributed by atoms with Crippen LogP contribution >= 0.6 is 0 Å². The molecule has 1 aromatic heterocycles. The zero-order valence-electron chi connectivity index (χ0n) is 22.9. The molecule has 0 bridgehead atoms. The fraction of sp³-hybridized carbons (Fsp3) is 0.125. The molecule has 2 amide bonds. The molecule has 1 heterocycles. The number of primary amides is 1. The summed E-state index contributed by atoms with van der Waals surface area (Å²) in [7, 11) is -3.85. The Morgan fingerprint density at radius 3 is 2.05 bits per heavy atom. The van der Waals surface area contributed by atoms with Gasteiger partial charge in [-0.2, -0.15) is 0 Å². The Morgan fingerprint density at radius 1 is 0.805 bits per heavy atom. The quantitative estimate of drug-likeness (QED) is 0.184. The maximum Gasteiger partial charge on any atom is 0.272 e. The van der Waals surface area contributed by atoms with Gasteiger partial charge in [0.05, 0.1) is 4.90 Å². The van der Waals surface area contributed by atoms with Gasteiger partial charge in [0.1, 0.15) is 5.69 Å². The van der Waals surface area contributed by atoms with E-state index in [0.717, 1.165) is 11.1 Å². The Hall–Kier alpha value is -4.89. The van der Waals surface area contributed by atoms with E-state index in [1.807, 2.05) is 42.5 Å². The molecule has 5 N–H and O–H groups in total. The monoisotopic (exact) mass is 566 g/mol. The van der Waals surface area contributed by atoms with Gasteiger partial charge in [-0.25, -0.2) is 8.42 Å². The molecule has 0 aliphatic heterocycles. The maximum absolute atomic E-state index is 13.4. The van der Waals surface area contributed by atoms with E-state index in [1.165, 1.54) is 12.1 Å². The molecule has 0 aliphatic rings.